The Labute approximate surface area is 120 Å². The number of aliphatic carboxylic acids is 1. The first-order valence-corrected chi connectivity index (χ1v) is 6.17. The molecule has 0 unspecified atom stereocenters. The molecule has 6 nitrogen and oxygen atoms in total. The Kier molecular flexibility index (Phi) is 5.99. The number of esters is 1. The van der Waals surface area contributed by atoms with E-state index < -0.39 is 30.5 Å². The summed E-state index contributed by atoms with van der Waals surface area (Å²) in [5.41, 5.74) is 0.606. The lowest BCUT2D eigenvalue weighted by atomic mass is 10.1. The lowest BCUT2D eigenvalue weighted by molar-refractivity contribution is -0.148. The molecule has 0 aliphatic carbocycles. The van der Waals surface area contributed by atoms with Crippen molar-refractivity contribution in [3.8, 4) is 0 Å². The van der Waals surface area contributed by atoms with Gasteiger partial charge in [0.25, 0.3) is 5.91 Å². The van der Waals surface area contributed by atoms with Crippen LogP contribution in [0.3, 0.4) is 0 Å². The number of hydrogen-bond acceptors (Lipinski definition) is 4. The Morgan fingerprint density at radius 1 is 1.35 bits per heavy atom. The molecule has 1 rings (SSSR count). The number of carboxylic acid groups (broad SMARTS) is 1. The fraction of sp³-hybridized carbons (Fsp3) is 0.308. The van der Waals surface area contributed by atoms with Gasteiger partial charge in [-0.05, 0) is 11.6 Å². The van der Waals surface area contributed by atoms with Crippen LogP contribution >= 0.6 is 11.6 Å². The molecular weight excluding hydrogens is 286 g/mol. The van der Waals surface area contributed by atoms with Gasteiger partial charge in [0.05, 0.1) is 0 Å². The van der Waals surface area contributed by atoms with Crippen LogP contribution in [0.5, 0.6) is 0 Å². The van der Waals surface area contributed by atoms with Gasteiger partial charge in [-0.15, -0.1) is 0 Å². The number of carboxylic acids is 1. The van der Waals surface area contributed by atoms with Gasteiger partial charge in [-0.3, -0.25) is 9.59 Å². The van der Waals surface area contributed by atoms with Crippen LogP contribution in [0.4, 0.5) is 0 Å². The van der Waals surface area contributed by atoms with Crippen LogP contribution in [-0.4, -0.2) is 35.6 Å². The van der Waals surface area contributed by atoms with Gasteiger partial charge in [-0.2, -0.15) is 0 Å². The molecule has 0 radical (unpaired) electrons. The van der Waals surface area contributed by atoms with Gasteiger partial charge in [0.15, 0.2) is 6.61 Å². The molecule has 2 N–H and O–H groups in total. The molecule has 0 fully saturated rings. The predicted molar refractivity (Wildman–Crippen MR) is 71.4 cm³/mol. The maximum atomic E-state index is 11.5. The normalized spacial score (nSPS) is 11.5. The molecule has 0 spiro atoms. The van der Waals surface area contributed by atoms with Gasteiger partial charge in [0.1, 0.15) is 6.04 Å². The van der Waals surface area contributed by atoms with Gasteiger partial charge in [-0.1, -0.05) is 29.8 Å². The summed E-state index contributed by atoms with van der Waals surface area (Å²) in [7, 11) is 0. The van der Waals surface area contributed by atoms with E-state index in [1.54, 1.807) is 24.3 Å². The fourth-order valence-corrected chi connectivity index (χ4v) is 1.70. The van der Waals surface area contributed by atoms with E-state index in [1.807, 2.05) is 0 Å². The number of benzene rings is 1. The lowest BCUT2D eigenvalue weighted by Gasteiger charge is -2.15. The van der Waals surface area contributed by atoms with Gasteiger partial charge in [0, 0.05) is 18.4 Å². The Balaban J connectivity index is 2.66. The molecule has 108 valence electrons. The highest BCUT2D eigenvalue weighted by Gasteiger charge is 2.21. The summed E-state index contributed by atoms with van der Waals surface area (Å²) in [5, 5.41) is 11.8. The smallest absolute Gasteiger partial charge is 0.326 e. The van der Waals surface area contributed by atoms with Gasteiger partial charge in [-0.25, -0.2) is 4.79 Å². The summed E-state index contributed by atoms with van der Waals surface area (Å²) in [4.78, 5) is 33.1. The fourth-order valence-electron chi connectivity index (χ4n) is 1.49. The van der Waals surface area contributed by atoms with Crippen molar-refractivity contribution in [1.29, 1.82) is 0 Å². The van der Waals surface area contributed by atoms with E-state index >= 15 is 0 Å². The first-order valence-electron chi connectivity index (χ1n) is 5.79. The van der Waals surface area contributed by atoms with Crippen LogP contribution < -0.4 is 5.32 Å². The van der Waals surface area contributed by atoms with Gasteiger partial charge < -0.3 is 15.2 Å². The number of amides is 1. The molecule has 1 atom stereocenters. The number of halogens is 1. The van der Waals surface area contributed by atoms with Crippen molar-refractivity contribution in [2.45, 2.75) is 19.4 Å². The predicted octanol–water partition coefficient (Wildman–Crippen LogP) is 1.01. The zero-order chi connectivity index (χ0) is 15.1. The zero-order valence-electron chi connectivity index (χ0n) is 10.8. The molecule has 0 saturated heterocycles. The van der Waals surface area contributed by atoms with Crippen molar-refractivity contribution in [2.75, 3.05) is 6.61 Å². The van der Waals surface area contributed by atoms with Crippen molar-refractivity contribution in [2.24, 2.45) is 0 Å². The van der Waals surface area contributed by atoms with Crippen LogP contribution in [0.15, 0.2) is 24.3 Å². The van der Waals surface area contributed by atoms with Crippen LogP contribution in [0, 0.1) is 0 Å². The second kappa shape index (κ2) is 7.49. The van der Waals surface area contributed by atoms with E-state index in [0.717, 1.165) is 6.92 Å². The monoisotopic (exact) mass is 299 g/mol. The van der Waals surface area contributed by atoms with E-state index in [-0.39, 0.29) is 6.42 Å². The average molecular weight is 300 g/mol. The molecule has 0 aliphatic heterocycles. The first-order chi connectivity index (χ1) is 9.40. The number of ether oxygens (including phenoxy) is 1. The van der Waals surface area contributed by atoms with Crippen LogP contribution in [0.1, 0.15) is 12.5 Å². The quantitative estimate of drug-likeness (QED) is 0.765. The maximum Gasteiger partial charge on any atom is 0.326 e. The highest BCUT2D eigenvalue weighted by atomic mass is 35.5. The summed E-state index contributed by atoms with van der Waals surface area (Å²) < 4.78 is 4.49. The number of hydrogen-bond donors (Lipinski definition) is 2. The molecule has 1 aromatic rings. The number of nitrogens with one attached hydrogen (secondary N) is 1. The minimum absolute atomic E-state index is 0.0425. The topological polar surface area (TPSA) is 92.7 Å². The van der Waals surface area contributed by atoms with Crippen LogP contribution in [-0.2, 0) is 25.5 Å². The first kappa shape index (κ1) is 16.0. The highest BCUT2D eigenvalue weighted by Crippen LogP contribution is 2.16. The molecule has 1 amide bonds. The zero-order valence-corrected chi connectivity index (χ0v) is 11.5. The summed E-state index contributed by atoms with van der Waals surface area (Å²) in [6.07, 6.45) is 0.0425. The Hall–Kier alpha value is -2.08. The van der Waals surface area contributed by atoms with Crippen LogP contribution in [0.2, 0.25) is 5.02 Å². The summed E-state index contributed by atoms with van der Waals surface area (Å²) >= 11 is 5.94. The minimum atomic E-state index is -1.19. The molecule has 1 aromatic carbocycles. The molecule has 7 heteroatoms. The molecule has 0 saturated carbocycles. The van der Waals surface area contributed by atoms with Gasteiger partial charge >= 0.3 is 11.9 Å². The molecule has 0 bridgehead atoms. The maximum absolute atomic E-state index is 11.5. The van der Waals surface area contributed by atoms with Crippen molar-refractivity contribution in [3.63, 3.8) is 0 Å². The molecule has 0 heterocycles. The van der Waals surface area contributed by atoms with Crippen molar-refractivity contribution in [3.05, 3.63) is 34.9 Å². The van der Waals surface area contributed by atoms with E-state index in [9.17, 15) is 14.4 Å². The number of rotatable bonds is 6. The average Bonchev–Trinajstić information content (AvgIpc) is 2.38. The van der Waals surface area contributed by atoms with Crippen LogP contribution in [0.25, 0.3) is 0 Å². The third kappa shape index (κ3) is 5.27. The second-order valence-electron chi connectivity index (χ2n) is 4.03. The summed E-state index contributed by atoms with van der Waals surface area (Å²) in [6, 6.07) is 5.62. The Morgan fingerprint density at radius 2 is 2.00 bits per heavy atom. The number of carbonyl (C=O) groups is 3. The number of carbonyl (C=O) groups excluding carboxylic acids is 2. The molecule has 0 aliphatic rings. The van der Waals surface area contributed by atoms with E-state index in [2.05, 4.69) is 10.1 Å². The van der Waals surface area contributed by atoms with Crippen molar-refractivity contribution < 1.29 is 24.2 Å². The third-order valence-electron chi connectivity index (χ3n) is 2.42. The third-order valence-corrected chi connectivity index (χ3v) is 2.79. The minimum Gasteiger partial charge on any atom is -0.480 e. The SMILES string of the molecule is CC(=O)OCC(=O)N[C@H](Cc1ccccc1Cl)C(=O)O. The van der Waals surface area contributed by atoms with E-state index in [1.165, 1.54) is 0 Å². The molecule has 0 aromatic heterocycles. The standard InChI is InChI=1S/C13H14ClNO5/c1-8(16)20-7-12(17)15-11(13(18)19)6-9-4-2-3-5-10(9)14/h2-5,11H,6-7H2,1H3,(H,15,17)(H,18,19)/t11-/m1/s1. The van der Waals surface area contributed by atoms with E-state index in [4.69, 9.17) is 16.7 Å². The Bertz CT molecular complexity index is 517. The Morgan fingerprint density at radius 3 is 2.55 bits per heavy atom. The van der Waals surface area contributed by atoms with Crippen molar-refractivity contribution in [1.82, 2.24) is 5.32 Å². The molecular formula is C13H14ClNO5. The van der Waals surface area contributed by atoms with E-state index in [0.29, 0.717) is 10.6 Å². The summed E-state index contributed by atoms with van der Waals surface area (Å²) in [6.45, 7) is 0.646. The van der Waals surface area contributed by atoms with Gasteiger partial charge in [0.2, 0.25) is 0 Å². The lowest BCUT2D eigenvalue weighted by Crippen LogP contribution is -2.44. The van der Waals surface area contributed by atoms with Crippen molar-refractivity contribution >= 4 is 29.4 Å². The largest absolute Gasteiger partial charge is 0.480 e. The summed E-state index contributed by atoms with van der Waals surface area (Å²) in [5.74, 6) is -2.49. The second-order valence-corrected chi connectivity index (χ2v) is 4.44. The highest BCUT2D eigenvalue weighted by molar-refractivity contribution is 6.31. The molecule has 20 heavy (non-hydrogen) atoms.